The highest BCUT2D eigenvalue weighted by atomic mass is 16.2. The van der Waals surface area contributed by atoms with Crippen molar-refractivity contribution in [3.05, 3.63) is 35.4 Å². The third-order valence-electron chi connectivity index (χ3n) is 4.94. The molecule has 2 rings (SSSR count). The number of benzene rings is 1. The summed E-state index contributed by atoms with van der Waals surface area (Å²) in [5, 5.41) is 3.14. The van der Waals surface area contributed by atoms with Crippen LogP contribution in [0.4, 0.5) is 4.79 Å². The summed E-state index contributed by atoms with van der Waals surface area (Å²) in [5.41, 5.74) is 2.55. The Kier molecular flexibility index (Phi) is 7.06. The van der Waals surface area contributed by atoms with E-state index in [9.17, 15) is 4.79 Å². The van der Waals surface area contributed by atoms with Crippen LogP contribution >= 0.6 is 0 Å². The highest BCUT2D eigenvalue weighted by Gasteiger charge is 2.24. The van der Waals surface area contributed by atoms with Crippen LogP contribution < -0.4 is 5.32 Å². The van der Waals surface area contributed by atoms with Crippen molar-refractivity contribution in [2.45, 2.75) is 26.8 Å². The van der Waals surface area contributed by atoms with Crippen molar-refractivity contribution in [1.82, 2.24) is 20.0 Å². The minimum atomic E-state index is 0.0336. The van der Waals surface area contributed by atoms with Gasteiger partial charge in [-0.3, -0.25) is 4.90 Å². The molecule has 1 heterocycles. The van der Waals surface area contributed by atoms with Gasteiger partial charge in [0, 0.05) is 45.8 Å². The van der Waals surface area contributed by atoms with Gasteiger partial charge in [-0.25, -0.2) is 4.79 Å². The summed E-state index contributed by atoms with van der Waals surface area (Å²) in [6.07, 6.45) is 0. The van der Waals surface area contributed by atoms with E-state index < -0.39 is 0 Å². The molecule has 1 N–H and O–H groups in total. The van der Waals surface area contributed by atoms with Crippen LogP contribution in [0.25, 0.3) is 0 Å². The van der Waals surface area contributed by atoms with Crippen LogP contribution in [-0.2, 0) is 0 Å². The van der Waals surface area contributed by atoms with E-state index in [1.807, 2.05) is 18.7 Å². The van der Waals surface area contributed by atoms with Gasteiger partial charge in [0.05, 0.1) is 6.04 Å². The number of urea groups is 1. The number of likely N-dealkylation sites (N-methyl/N-ethyl adjacent to an activating group) is 1. The highest BCUT2D eigenvalue weighted by Crippen LogP contribution is 2.22. The number of hydrogen-bond donors (Lipinski definition) is 1. The minimum Gasteiger partial charge on any atom is -0.336 e. The van der Waals surface area contributed by atoms with Gasteiger partial charge in [-0.2, -0.15) is 0 Å². The second-order valence-electron chi connectivity index (χ2n) is 6.62. The fraction of sp³-hybridized carbons (Fsp3) is 0.632. The predicted octanol–water partition coefficient (Wildman–Crippen LogP) is 2.33. The average molecular weight is 332 g/mol. The number of carbonyl (C=O) groups excluding carboxylic acids is 1. The number of hydrogen-bond acceptors (Lipinski definition) is 3. The van der Waals surface area contributed by atoms with Crippen molar-refractivity contribution in [1.29, 1.82) is 0 Å². The summed E-state index contributed by atoms with van der Waals surface area (Å²) in [4.78, 5) is 19.0. The quantitative estimate of drug-likeness (QED) is 0.869. The highest BCUT2D eigenvalue weighted by molar-refractivity contribution is 5.74. The largest absolute Gasteiger partial charge is 0.336 e. The maximum absolute atomic E-state index is 12.3. The van der Waals surface area contributed by atoms with Gasteiger partial charge >= 0.3 is 6.03 Å². The number of nitrogens with zero attached hydrogens (tertiary/aromatic N) is 3. The third-order valence-corrected chi connectivity index (χ3v) is 4.94. The van der Waals surface area contributed by atoms with Gasteiger partial charge in [0.25, 0.3) is 0 Å². The number of rotatable bonds is 6. The second-order valence-corrected chi connectivity index (χ2v) is 6.62. The third kappa shape index (κ3) is 4.95. The van der Waals surface area contributed by atoms with Crippen LogP contribution in [-0.4, -0.2) is 73.6 Å². The van der Waals surface area contributed by atoms with Crippen LogP contribution in [0, 0.1) is 6.92 Å². The molecule has 1 atom stereocenters. The number of piperazine rings is 1. The van der Waals surface area contributed by atoms with Crippen LogP contribution in [0.3, 0.4) is 0 Å². The zero-order chi connectivity index (χ0) is 17.5. The summed E-state index contributed by atoms with van der Waals surface area (Å²) in [6.45, 7) is 12.5. The van der Waals surface area contributed by atoms with E-state index in [-0.39, 0.29) is 12.1 Å². The first-order chi connectivity index (χ1) is 11.5. The second kappa shape index (κ2) is 9.04. The lowest BCUT2D eigenvalue weighted by molar-refractivity contribution is 0.109. The summed E-state index contributed by atoms with van der Waals surface area (Å²) < 4.78 is 0. The van der Waals surface area contributed by atoms with Crippen molar-refractivity contribution < 1.29 is 4.79 Å². The maximum Gasteiger partial charge on any atom is 0.317 e. The Hall–Kier alpha value is -1.59. The molecule has 1 unspecified atom stereocenters. The van der Waals surface area contributed by atoms with Gasteiger partial charge < -0.3 is 15.1 Å². The van der Waals surface area contributed by atoms with Crippen molar-refractivity contribution in [3.63, 3.8) is 0 Å². The van der Waals surface area contributed by atoms with Crippen molar-refractivity contribution in [3.8, 4) is 0 Å². The first-order valence-electron chi connectivity index (χ1n) is 9.07. The lowest BCUT2D eigenvalue weighted by atomic mass is 10.0. The summed E-state index contributed by atoms with van der Waals surface area (Å²) in [6, 6.07) is 8.98. The lowest BCUT2D eigenvalue weighted by Crippen LogP contribution is -2.49. The van der Waals surface area contributed by atoms with Gasteiger partial charge in [-0.1, -0.05) is 29.8 Å². The smallest absolute Gasteiger partial charge is 0.317 e. The molecule has 1 aromatic rings. The summed E-state index contributed by atoms with van der Waals surface area (Å²) in [7, 11) is 2.17. The van der Waals surface area contributed by atoms with Crippen LogP contribution in [0.2, 0.25) is 0 Å². The van der Waals surface area contributed by atoms with Gasteiger partial charge in [0.2, 0.25) is 0 Å². The molecular formula is C19H32N4O. The van der Waals surface area contributed by atoms with E-state index in [4.69, 9.17) is 0 Å². The Bertz CT molecular complexity index is 505. The molecule has 1 saturated heterocycles. The van der Waals surface area contributed by atoms with E-state index in [0.717, 1.165) is 39.3 Å². The number of aryl methyl sites for hydroxylation is 1. The van der Waals surface area contributed by atoms with Gasteiger partial charge in [0.1, 0.15) is 0 Å². The Morgan fingerprint density at radius 3 is 2.25 bits per heavy atom. The lowest BCUT2D eigenvalue weighted by Gasteiger charge is -2.38. The molecule has 0 aliphatic carbocycles. The molecule has 0 saturated carbocycles. The molecule has 134 valence electrons. The van der Waals surface area contributed by atoms with Gasteiger partial charge in [-0.05, 0) is 33.4 Å². The molecule has 24 heavy (non-hydrogen) atoms. The first kappa shape index (κ1) is 18.7. The average Bonchev–Trinajstić information content (AvgIpc) is 2.59. The molecule has 2 amide bonds. The minimum absolute atomic E-state index is 0.0336. The Labute approximate surface area is 146 Å². The summed E-state index contributed by atoms with van der Waals surface area (Å²) >= 11 is 0. The van der Waals surface area contributed by atoms with Crippen LogP contribution in [0.1, 0.15) is 31.0 Å². The molecule has 5 nitrogen and oxygen atoms in total. The number of nitrogens with one attached hydrogen (secondary N) is 1. The standard InChI is InChI=1S/C19H32N4O/c1-5-22(6-2)19(24)20-15-18(17-9-7-16(3)8-10-17)23-13-11-21(4)12-14-23/h7-10,18H,5-6,11-15H2,1-4H3,(H,20,24). The zero-order valence-corrected chi connectivity index (χ0v) is 15.6. The van der Waals surface area contributed by atoms with Gasteiger partial charge in [0.15, 0.2) is 0 Å². The Morgan fingerprint density at radius 2 is 1.71 bits per heavy atom. The van der Waals surface area contributed by atoms with E-state index in [0.29, 0.717) is 6.54 Å². The maximum atomic E-state index is 12.3. The SMILES string of the molecule is CCN(CC)C(=O)NCC(c1ccc(C)cc1)N1CCN(C)CC1. The molecule has 1 aromatic carbocycles. The number of amides is 2. The molecule has 0 radical (unpaired) electrons. The molecule has 5 heteroatoms. The monoisotopic (exact) mass is 332 g/mol. The molecular weight excluding hydrogens is 300 g/mol. The van der Waals surface area contributed by atoms with Crippen molar-refractivity contribution >= 4 is 6.03 Å². The van der Waals surface area contributed by atoms with Gasteiger partial charge in [-0.15, -0.1) is 0 Å². The molecule has 1 aliphatic rings. The zero-order valence-electron chi connectivity index (χ0n) is 15.6. The van der Waals surface area contributed by atoms with Crippen molar-refractivity contribution in [2.75, 3.05) is 52.9 Å². The molecule has 0 spiro atoms. The molecule has 0 aromatic heterocycles. The topological polar surface area (TPSA) is 38.8 Å². The molecule has 0 bridgehead atoms. The molecule has 1 aliphatic heterocycles. The summed E-state index contributed by atoms with van der Waals surface area (Å²) in [5.74, 6) is 0. The van der Waals surface area contributed by atoms with Crippen LogP contribution in [0.5, 0.6) is 0 Å². The van der Waals surface area contributed by atoms with E-state index >= 15 is 0 Å². The number of carbonyl (C=O) groups is 1. The Balaban J connectivity index is 2.08. The fourth-order valence-corrected chi connectivity index (χ4v) is 3.19. The fourth-order valence-electron chi connectivity index (χ4n) is 3.19. The van der Waals surface area contributed by atoms with E-state index in [2.05, 4.69) is 53.4 Å². The Morgan fingerprint density at radius 1 is 1.12 bits per heavy atom. The van der Waals surface area contributed by atoms with Crippen LogP contribution in [0.15, 0.2) is 24.3 Å². The molecule has 1 fully saturated rings. The predicted molar refractivity (Wildman–Crippen MR) is 99.3 cm³/mol. The first-order valence-corrected chi connectivity index (χ1v) is 9.07. The normalized spacial score (nSPS) is 17.5. The van der Waals surface area contributed by atoms with E-state index in [1.54, 1.807) is 0 Å². The van der Waals surface area contributed by atoms with E-state index in [1.165, 1.54) is 11.1 Å². The van der Waals surface area contributed by atoms with Crippen molar-refractivity contribution in [2.24, 2.45) is 0 Å².